The van der Waals surface area contributed by atoms with E-state index in [2.05, 4.69) is 0 Å². The molecule has 0 atom stereocenters. The van der Waals surface area contributed by atoms with Crippen LogP contribution in [0.3, 0.4) is 0 Å². The number of rotatable bonds is 12. The predicted octanol–water partition coefficient (Wildman–Crippen LogP) is 3.73. The van der Waals surface area contributed by atoms with Crippen molar-refractivity contribution in [3.8, 4) is 0 Å². The third-order valence-electron chi connectivity index (χ3n) is 2.56. The van der Waals surface area contributed by atoms with Crippen LogP contribution in [0.15, 0.2) is 0 Å². The van der Waals surface area contributed by atoms with Gasteiger partial charge in [0.2, 0.25) is 0 Å². The highest BCUT2D eigenvalue weighted by molar-refractivity contribution is 5.48. The smallest absolute Gasteiger partial charge is 0.119 e. The molecule has 0 saturated carbocycles. The molecule has 0 aromatic rings. The van der Waals surface area contributed by atoms with Crippen LogP contribution >= 0.6 is 0 Å². The number of aldehydes is 1. The molecule has 0 amide bonds. The summed E-state index contributed by atoms with van der Waals surface area (Å²) in [6, 6.07) is 0. The lowest BCUT2D eigenvalue weighted by Crippen LogP contribution is -1.92. The summed E-state index contributed by atoms with van der Waals surface area (Å²) in [6.07, 6.45) is 11.9. The molecule has 0 saturated heterocycles. The number of carbonyl (C=O) groups excluding carboxylic acids is 1. The molecule has 0 aliphatic rings. The van der Waals surface area contributed by atoms with Crippen LogP contribution in [0.4, 0.5) is 0 Å². The zero-order valence-electron chi connectivity index (χ0n) is 10.2. The van der Waals surface area contributed by atoms with E-state index in [1.54, 1.807) is 0 Å². The lowest BCUT2D eigenvalue weighted by molar-refractivity contribution is -0.107. The lowest BCUT2D eigenvalue weighted by Gasteiger charge is -2.02. The SMILES string of the molecule is CCOCCCCCCCCCCC=O. The standard InChI is InChI=1S/C13H26O2/c1-2-15-13-11-9-7-5-3-4-6-8-10-12-14/h12H,2-11,13H2,1H3. The molecular weight excluding hydrogens is 188 g/mol. The van der Waals surface area contributed by atoms with Crippen molar-refractivity contribution in [2.24, 2.45) is 0 Å². The van der Waals surface area contributed by atoms with Crippen molar-refractivity contribution in [3.63, 3.8) is 0 Å². The van der Waals surface area contributed by atoms with Gasteiger partial charge in [0, 0.05) is 19.6 Å². The van der Waals surface area contributed by atoms with Gasteiger partial charge < -0.3 is 9.53 Å². The van der Waals surface area contributed by atoms with Gasteiger partial charge in [-0.1, -0.05) is 38.5 Å². The topological polar surface area (TPSA) is 26.3 Å². The minimum absolute atomic E-state index is 0.744. The summed E-state index contributed by atoms with van der Waals surface area (Å²) in [6.45, 7) is 3.81. The van der Waals surface area contributed by atoms with Gasteiger partial charge in [0.1, 0.15) is 6.29 Å². The monoisotopic (exact) mass is 214 g/mol. The van der Waals surface area contributed by atoms with E-state index < -0.39 is 0 Å². The maximum Gasteiger partial charge on any atom is 0.119 e. The minimum atomic E-state index is 0.744. The first-order valence-electron chi connectivity index (χ1n) is 6.43. The molecule has 15 heavy (non-hydrogen) atoms. The van der Waals surface area contributed by atoms with E-state index in [1.165, 1.54) is 44.9 Å². The molecule has 0 fully saturated rings. The Morgan fingerprint density at radius 1 is 0.867 bits per heavy atom. The highest BCUT2D eigenvalue weighted by atomic mass is 16.5. The molecule has 0 heterocycles. The van der Waals surface area contributed by atoms with E-state index in [-0.39, 0.29) is 0 Å². The van der Waals surface area contributed by atoms with Gasteiger partial charge in [-0.15, -0.1) is 0 Å². The molecule has 0 aromatic carbocycles. The molecule has 0 bridgehead atoms. The molecule has 0 aliphatic carbocycles. The highest BCUT2D eigenvalue weighted by Crippen LogP contribution is 2.09. The normalized spacial score (nSPS) is 10.5. The number of hydrogen-bond acceptors (Lipinski definition) is 2. The van der Waals surface area contributed by atoms with Crippen molar-refractivity contribution < 1.29 is 9.53 Å². The highest BCUT2D eigenvalue weighted by Gasteiger charge is 1.92. The van der Waals surface area contributed by atoms with Crippen LogP contribution in [0.5, 0.6) is 0 Å². The maximum absolute atomic E-state index is 10.1. The minimum Gasteiger partial charge on any atom is -0.382 e. The third-order valence-corrected chi connectivity index (χ3v) is 2.56. The number of unbranched alkanes of at least 4 members (excludes halogenated alkanes) is 8. The average molecular weight is 214 g/mol. The zero-order chi connectivity index (χ0) is 11.2. The summed E-state index contributed by atoms with van der Waals surface area (Å²) in [5.74, 6) is 0. The van der Waals surface area contributed by atoms with E-state index in [0.717, 1.165) is 32.3 Å². The Bertz CT molecular complexity index is 124. The summed E-state index contributed by atoms with van der Waals surface area (Å²) in [7, 11) is 0. The second-order valence-corrected chi connectivity index (χ2v) is 3.98. The first-order valence-corrected chi connectivity index (χ1v) is 6.43. The van der Waals surface area contributed by atoms with Crippen LogP contribution in [0.25, 0.3) is 0 Å². The van der Waals surface area contributed by atoms with E-state index in [4.69, 9.17) is 4.74 Å². The maximum atomic E-state index is 10.1. The fraction of sp³-hybridized carbons (Fsp3) is 0.923. The fourth-order valence-electron chi connectivity index (χ4n) is 1.64. The van der Waals surface area contributed by atoms with Gasteiger partial charge in [-0.2, -0.15) is 0 Å². The van der Waals surface area contributed by atoms with Gasteiger partial charge in [-0.05, 0) is 19.8 Å². The second-order valence-electron chi connectivity index (χ2n) is 3.98. The van der Waals surface area contributed by atoms with E-state index in [1.807, 2.05) is 6.92 Å². The van der Waals surface area contributed by atoms with Crippen LogP contribution < -0.4 is 0 Å². The molecule has 0 aromatic heterocycles. The summed E-state index contributed by atoms with van der Waals surface area (Å²) in [4.78, 5) is 10.1. The number of hydrogen-bond donors (Lipinski definition) is 0. The molecule has 0 aliphatic heterocycles. The second kappa shape index (κ2) is 13.6. The van der Waals surface area contributed by atoms with E-state index in [0.29, 0.717) is 0 Å². The van der Waals surface area contributed by atoms with Gasteiger partial charge in [0.05, 0.1) is 0 Å². The Morgan fingerprint density at radius 2 is 1.40 bits per heavy atom. The molecular formula is C13H26O2. The Labute approximate surface area is 94.4 Å². The molecule has 2 heteroatoms. The first kappa shape index (κ1) is 14.6. The molecule has 0 spiro atoms. The Kier molecular flexibility index (Phi) is 13.3. The lowest BCUT2D eigenvalue weighted by atomic mass is 10.1. The number of ether oxygens (including phenoxy) is 1. The molecule has 0 radical (unpaired) electrons. The van der Waals surface area contributed by atoms with Gasteiger partial charge in [0.15, 0.2) is 0 Å². The summed E-state index contributed by atoms with van der Waals surface area (Å²) in [5, 5.41) is 0. The van der Waals surface area contributed by atoms with E-state index >= 15 is 0 Å². The predicted molar refractivity (Wildman–Crippen MR) is 64.1 cm³/mol. The van der Waals surface area contributed by atoms with Crippen molar-refractivity contribution in [2.45, 2.75) is 64.7 Å². The van der Waals surface area contributed by atoms with Crippen molar-refractivity contribution in [1.29, 1.82) is 0 Å². The number of carbonyl (C=O) groups is 1. The largest absolute Gasteiger partial charge is 0.382 e. The third kappa shape index (κ3) is 13.6. The summed E-state index contributed by atoms with van der Waals surface area (Å²) in [5.41, 5.74) is 0. The quantitative estimate of drug-likeness (QED) is 0.365. The van der Waals surface area contributed by atoms with Crippen molar-refractivity contribution >= 4 is 6.29 Å². The van der Waals surface area contributed by atoms with Gasteiger partial charge in [0.25, 0.3) is 0 Å². The molecule has 0 N–H and O–H groups in total. The summed E-state index contributed by atoms with van der Waals surface area (Å²) >= 11 is 0. The van der Waals surface area contributed by atoms with Gasteiger partial charge in [-0.25, -0.2) is 0 Å². The van der Waals surface area contributed by atoms with E-state index in [9.17, 15) is 4.79 Å². The molecule has 0 rings (SSSR count). The Balaban J connectivity index is 2.83. The average Bonchev–Trinajstić information content (AvgIpc) is 2.26. The van der Waals surface area contributed by atoms with Crippen molar-refractivity contribution in [3.05, 3.63) is 0 Å². The Morgan fingerprint density at radius 3 is 1.93 bits per heavy atom. The summed E-state index contributed by atoms with van der Waals surface area (Å²) < 4.78 is 5.27. The van der Waals surface area contributed by atoms with Crippen LogP contribution in [-0.2, 0) is 9.53 Å². The van der Waals surface area contributed by atoms with Crippen molar-refractivity contribution in [2.75, 3.05) is 13.2 Å². The van der Waals surface area contributed by atoms with Gasteiger partial charge in [-0.3, -0.25) is 0 Å². The van der Waals surface area contributed by atoms with Crippen LogP contribution in [0.1, 0.15) is 64.7 Å². The zero-order valence-corrected chi connectivity index (χ0v) is 10.2. The fourth-order valence-corrected chi connectivity index (χ4v) is 1.64. The first-order chi connectivity index (χ1) is 7.41. The van der Waals surface area contributed by atoms with Crippen LogP contribution in [-0.4, -0.2) is 19.5 Å². The van der Waals surface area contributed by atoms with Gasteiger partial charge >= 0.3 is 0 Å². The molecule has 0 unspecified atom stereocenters. The van der Waals surface area contributed by atoms with Crippen LogP contribution in [0.2, 0.25) is 0 Å². The molecule has 90 valence electrons. The van der Waals surface area contributed by atoms with Crippen molar-refractivity contribution in [1.82, 2.24) is 0 Å². The molecule has 2 nitrogen and oxygen atoms in total. The van der Waals surface area contributed by atoms with Crippen LogP contribution in [0, 0.1) is 0 Å². The Hall–Kier alpha value is -0.370.